The normalized spacial score (nSPS) is 9.58. The Morgan fingerprint density at radius 1 is 1.50 bits per heavy atom. The lowest BCUT2D eigenvalue weighted by atomic mass is 10.3. The van der Waals surface area contributed by atoms with Gasteiger partial charge in [-0.3, -0.25) is 0 Å². The van der Waals surface area contributed by atoms with Gasteiger partial charge in [-0.2, -0.15) is 0 Å². The first-order chi connectivity index (χ1) is 5.59. The zero-order valence-electron chi connectivity index (χ0n) is 5.68. The third-order valence-electron chi connectivity index (χ3n) is 1.08. The Bertz CT molecular complexity index is 316. The van der Waals surface area contributed by atoms with Gasteiger partial charge in [0, 0.05) is 0 Å². The highest BCUT2D eigenvalue weighted by atomic mass is 35.5. The van der Waals surface area contributed by atoms with Crippen molar-refractivity contribution >= 4 is 39.9 Å². The quantitative estimate of drug-likeness (QED) is 0.535. The number of hydrogen-bond acceptors (Lipinski definition) is 2. The molecule has 0 aromatic heterocycles. The van der Waals surface area contributed by atoms with E-state index in [-0.39, 0.29) is 15.3 Å². The third-order valence-corrected chi connectivity index (χ3v) is 1.54. The molecule has 0 saturated carbocycles. The maximum atomic E-state index is 12.5. The van der Waals surface area contributed by atoms with Gasteiger partial charge in [0.1, 0.15) is 11.6 Å². The Labute approximate surface area is 84.0 Å². The smallest absolute Gasteiger partial charge is 0.260 e. The van der Waals surface area contributed by atoms with Crippen LogP contribution in [0.2, 0.25) is 5.02 Å². The first kappa shape index (κ1) is 9.71. The highest BCUT2D eigenvalue weighted by molar-refractivity contribution is 7.82. The number of benzene rings is 1. The lowest BCUT2D eigenvalue weighted by molar-refractivity contribution is 0.570. The van der Waals surface area contributed by atoms with Gasteiger partial charge in [0.15, 0.2) is 0 Å². The van der Waals surface area contributed by atoms with Crippen LogP contribution in [0.4, 0.5) is 4.39 Å². The van der Waals surface area contributed by atoms with Crippen molar-refractivity contribution in [2.24, 2.45) is 0 Å². The summed E-state index contributed by atoms with van der Waals surface area (Å²) in [5, 5.41) is 0.137. The standard InChI is InChI=1S/C7H3Cl2FOS/c8-5-3-4(10)1-2-6(5)11-7(9)12/h1-3H. The molecule has 0 heterocycles. The van der Waals surface area contributed by atoms with Crippen molar-refractivity contribution in [1.29, 1.82) is 0 Å². The minimum Gasteiger partial charge on any atom is -0.434 e. The molecule has 0 bridgehead atoms. The Morgan fingerprint density at radius 2 is 2.17 bits per heavy atom. The Balaban J connectivity index is 2.93. The summed E-state index contributed by atoms with van der Waals surface area (Å²) in [7, 11) is 0. The summed E-state index contributed by atoms with van der Waals surface area (Å²) in [5.74, 6) is -0.189. The van der Waals surface area contributed by atoms with Crippen LogP contribution in [-0.4, -0.2) is 4.51 Å². The topological polar surface area (TPSA) is 9.23 Å². The van der Waals surface area contributed by atoms with Crippen molar-refractivity contribution in [3.05, 3.63) is 29.0 Å². The van der Waals surface area contributed by atoms with E-state index in [2.05, 4.69) is 12.2 Å². The number of ether oxygens (including phenoxy) is 1. The predicted molar refractivity (Wildman–Crippen MR) is 50.5 cm³/mol. The molecular weight excluding hydrogens is 222 g/mol. The first-order valence-electron chi connectivity index (χ1n) is 2.92. The van der Waals surface area contributed by atoms with Crippen LogP contribution in [0.1, 0.15) is 0 Å². The summed E-state index contributed by atoms with van der Waals surface area (Å²) in [4.78, 5) is 0. The Hall–Kier alpha value is -0.380. The second-order valence-electron chi connectivity index (χ2n) is 1.91. The molecule has 0 unspecified atom stereocenters. The van der Waals surface area contributed by atoms with Crippen LogP contribution in [0.3, 0.4) is 0 Å². The van der Waals surface area contributed by atoms with Gasteiger partial charge in [0.05, 0.1) is 5.02 Å². The fourth-order valence-electron chi connectivity index (χ4n) is 0.644. The van der Waals surface area contributed by atoms with Crippen molar-refractivity contribution in [2.45, 2.75) is 0 Å². The van der Waals surface area contributed by atoms with Crippen molar-refractivity contribution in [1.82, 2.24) is 0 Å². The van der Waals surface area contributed by atoms with Crippen molar-refractivity contribution < 1.29 is 9.13 Å². The van der Waals surface area contributed by atoms with Crippen LogP contribution < -0.4 is 4.74 Å². The average molecular weight is 225 g/mol. The highest BCUT2D eigenvalue weighted by Gasteiger charge is 2.03. The molecule has 0 aliphatic heterocycles. The molecule has 0 aliphatic carbocycles. The van der Waals surface area contributed by atoms with E-state index in [9.17, 15) is 4.39 Å². The SMILES string of the molecule is Fc1ccc(OC(=S)Cl)c(Cl)c1. The van der Waals surface area contributed by atoms with Gasteiger partial charge in [0.2, 0.25) is 0 Å². The van der Waals surface area contributed by atoms with E-state index >= 15 is 0 Å². The third kappa shape index (κ3) is 2.59. The van der Waals surface area contributed by atoms with Gasteiger partial charge in [-0.15, -0.1) is 0 Å². The molecule has 0 atom stereocenters. The summed E-state index contributed by atoms with van der Waals surface area (Å²) < 4.78 is 17.1. The molecule has 0 saturated heterocycles. The van der Waals surface area contributed by atoms with Crippen LogP contribution >= 0.6 is 35.4 Å². The number of hydrogen-bond donors (Lipinski definition) is 0. The molecule has 64 valence electrons. The van der Waals surface area contributed by atoms with Gasteiger partial charge >= 0.3 is 0 Å². The van der Waals surface area contributed by atoms with Crippen LogP contribution in [-0.2, 0) is 0 Å². The summed E-state index contributed by atoms with van der Waals surface area (Å²) in [6.07, 6.45) is 0. The van der Waals surface area contributed by atoms with E-state index in [1.54, 1.807) is 0 Å². The zero-order chi connectivity index (χ0) is 9.14. The van der Waals surface area contributed by atoms with Crippen LogP contribution in [0.5, 0.6) is 5.75 Å². The summed E-state index contributed by atoms with van der Waals surface area (Å²) >= 11 is 15.3. The van der Waals surface area contributed by atoms with Gasteiger partial charge < -0.3 is 4.74 Å². The van der Waals surface area contributed by atoms with E-state index in [0.29, 0.717) is 0 Å². The molecule has 1 nitrogen and oxygen atoms in total. The second kappa shape index (κ2) is 4.03. The maximum Gasteiger partial charge on any atom is 0.260 e. The summed E-state index contributed by atoms with van der Waals surface area (Å²) in [5.41, 5.74) is 0. The molecule has 0 N–H and O–H groups in total. The van der Waals surface area contributed by atoms with E-state index in [0.717, 1.165) is 6.07 Å². The van der Waals surface area contributed by atoms with Crippen LogP contribution in [0, 0.1) is 5.82 Å². The molecule has 0 aliphatic rings. The Morgan fingerprint density at radius 3 is 2.67 bits per heavy atom. The number of thiocarbonyl (C=S) groups is 1. The Kier molecular flexibility index (Phi) is 3.26. The molecule has 1 aromatic carbocycles. The van der Waals surface area contributed by atoms with Gasteiger partial charge in [-0.1, -0.05) is 11.6 Å². The average Bonchev–Trinajstić information content (AvgIpc) is 1.94. The number of halogens is 3. The van der Waals surface area contributed by atoms with Crippen molar-refractivity contribution in [3.63, 3.8) is 0 Å². The van der Waals surface area contributed by atoms with Crippen molar-refractivity contribution in [3.8, 4) is 5.75 Å². The van der Waals surface area contributed by atoms with E-state index in [1.807, 2.05) is 0 Å². The van der Waals surface area contributed by atoms with Crippen LogP contribution in [0.15, 0.2) is 18.2 Å². The molecule has 1 aromatic rings. The minimum atomic E-state index is -0.437. The molecule has 0 amide bonds. The minimum absolute atomic E-state index is 0.137. The fraction of sp³-hybridized carbons (Fsp3) is 0. The monoisotopic (exact) mass is 224 g/mol. The molecule has 5 heteroatoms. The second-order valence-corrected chi connectivity index (χ2v) is 3.26. The fourth-order valence-corrected chi connectivity index (χ4v) is 1.02. The van der Waals surface area contributed by atoms with E-state index < -0.39 is 5.82 Å². The maximum absolute atomic E-state index is 12.5. The summed E-state index contributed by atoms with van der Waals surface area (Å²) in [6, 6.07) is 3.68. The highest BCUT2D eigenvalue weighted by Crippen LogP contribution is 2.25. The first-order valence-corrected chi connectivity index (χ1v) is 4.08. The molecule has 0 spiro atoms. The lowest BCUT2D eigenvalue weighted by Gasteiger charge is -2.02. The van der Waals surface area contributed by atoms with Gasteiger partial charge in [-0.25, -0.2) is 4.39 Å². The van der Waals surface area contributed by atoms with Crippen LogP contribution in [0.25, 0.3) is 0 Å². The van der Waals surface area contributed by atoms with E-state index in [4.69, 9.17) is 27.9 Å². The van der Waals surface area contributed by atoms with Crippen molar-refractivity contribution in [2.75, 3.05) is 0 Å². The number of rotatable bonds is 1. The molecule has 12 heavy (non-hydrogen) atoms. The largest absolute Gasteiger partial charge is 0.434 e. The predicted octanol–water partition coefficient (Wildman–Crippen LogP) is 3.38. The lowest BCUT2D eigenvalue weighted by Crippen LogP contribution is -1.96. The van der Waals surface area contributed by atoms with Gasteiger partial charge in [0.25, 0.3) is 4.51 Å². The van der Waals surface area contributed by atoms with Gasteiger partial charge in [-0.05, 0) is 42.0 Å². The van der Waals surface area contributed by atoms with E-state index in [1.165, 1.54) is 12.1 Å². The molecule has 0 radical (unpaired) electrons. The molecule has 0 fully saturated rings. The summed E-state index contributed by atoms with van der Waals surface area (Å²) in [6.45, 7) is 0. The zero-order valence-corrected chi connectivity index (χ0v) is 8.01. The molecule has 1 rings (SSSR count). The molecular formula is C7H3Cl2FOS.